The molecule has 9 heteroatoms. The lowest BCUT2D eigenvalue weighted by Gasteiger charge is -2.15. The van der Waals surface area contributed by atoms with Crippen molar-refractivity contribution >= 4 is 33.4 Å². The summed E-state index contributed by atoms with van der Waals surface area (Å²) in [4.78, 5) is 21.8. The van der Waals surface area contributed by atoms with Crippen LogP contribution in [0.5, 0.6) is 0 Å². The Morgan fingerprint density at radius 1 is 1.50 bits per heavy atom. The fraction of sp³-hybridized carbons (Fsp3) is 0.333. The molecule has 18 heavy (non-hydrogen) atoms. The lowest BCUT2D eigenvalue weighted by atomic mass is 10.3. The summed E-state index contributed by atoms with van der Waals surface area (Å²) in [5.74, 6) is -1.14. The number of carboxylic acid groups (broad SMARTS) is 1. The topological polar surface area (TPSA) is 101 Å². The van der Waals surface area contributed by atoms with Crippen LogP contribution < -0.4 is 0 Å². The zero-order valence-corrected chi connectivity index (χ0v) is 11.2. The fourth-order valence-corrected chi connectivity index (χ4v) is 3.67. The lowest BCUT2D eigenvalue weighted by molar-refractivity contribution is -0.136. The van der Waals surface area contributed by atoms with E-state index < -0.39 is 28.5 Å². The van der Waals surface area contributed by atoms with E-state index in [0.29, 0.717) is 4.31 Å². The third-order valence-corrected chi connectivity index (χ3v) is 4.95. The summed E-state index contributed by atoms with van der Waals surface area (Å²) in [6, 6.07) is 1.26. The number of thiophene rings is 1. The highest BCUT2D eigenvalue weighted by molar-refractivity contribution is 7.89. The van der Waals surface area contributed by atoms with E-state index in [1.807, 2.05) is 0 Å². The van der Waals surface area contributed by atoms with Crippen molar-refractivity contribution in [3.05, 3.63) is 16.3 Å². The average molecular weight is 293 g/mol. The Kier molecular flexibility index (Phi) is 4.30. The minimum Gasteiger partial charge on any atom is -0.481 e. The molecule has 0 aliphatic rings. The molecule has 1 aromatic rings. The summed E-state index contributed by atoms with van der Waals surface area (Å²) in [7, 11) is -1.98. The molecule has 0 aliphatic carbocycles. The number of carboxylic acids is 1. The van der Waals surface area contributed by atoms with Crippen molar-refractivity contribution in [2.24, 2.45) is 0 Å². The van der Waals surface area contributed by atoms with Crippen LogP contribution in [0, 0.1) is 0 Å². The van der Waals surface area contributed by atoms with Gasteiger partial charge in [-0.1, -0.05) is 0 Å². The maximum absolute atomic E-state index is 12.0. The summed E-state index contributed by atoms with van der Waals surface area (Å²) in [6.45, 7) is 0. The molecular weight excluding hydrogens is 282 g/mol. The van der Waals surface area contributed by atoms with E-state index in [0.717, 1.165) is 25.5 Å². The largest absolute Gasteiger partial charge is 0.481 e. The van der Waals surface area contributed by atoms with Crippen molar-refractivity contribution in [2.75, 3.05) is 14.2 Å². The van der Waals surface area contributed by atoms with Crippen LogP contribution in [0.25, 0.3) is 0 Å². The number of carbonyl (C=O) groups is 2. The number of carbonyl (C=O) groups excluding carboxylic acids is 1. The molecule has 1 N–H and O–H groups in total. The van der Waals surface area contributed by atoms with Crippen LogP contribution in [0.15, 0.2) is 16.3 Å². The van der Waals surface area contributed by atoms with Crippen molar-refractivity contribution in [1.82, 2.24) is 4.31 Å². The number of rotatable bonds is 4. The quantitative estimate of drug-likeness (QED) is 0.879. The third-order valence-electron chi connectivity index (χ3n) is 2.09. The maximum Gasteiger partial charge on any atom is 0.423 e. The number of amides is 1. The molecule has 0 spiro atoms. The van der Waals surface area contributed by atoms with Crippen LogP contribution in [-0.4, -0.2) is 44.0 Å². The molecule has 0 saturated carbocycles. The first kappa shape index (κ1) is 14.5. The molecule has 100 valence electrons. The van der Waals surface area contributed by atoms with Crippen LogP contribution >= 0.6 is 11.3 Å². The van der Waals surface area contributed by atoms with Gasteiger partial charge >= 0.3 is 12.1 Å². The van der Waals surface area contributed by atoms with Crippen LogP contribution in [0.4, 0.5) is 4.79 Å². The molecule has 0 unspecified atom stereocenters. The first-order chi connectivity index (χ1) is 8.30. The van der Waals surface area contributed by atoms with Crippen LogP contribution in [0.2, 0.25) is 0 Å². The Balaban J connectivity index is 3.17. The van der Waals surface area contributed by atoms with Gasteiger partial charge < -0.3 is 9.84 Å². The predicted molar refractivity (Wildman–Crippen MR) is 63.0 cm³/mol. The number of hydrogen-bond acceptors (Lipinski definition) is 6. The Morgan fingerprint density at radius 2 is 2.11 bits per heavy atom. The van der Waals surface area contributed by atoms with Crippen molar-refractivity contribution in [3.8, 4) is 0 Å². The highest BCUT2D eigenvalue weighted by Crippen LogP contribution is 2.25. The van der Waals surface area contributed by atoms with E-state index in [4.69, 9.17) is 5.11 Å². The fourth-order valence-electron chi connectivity index (χ4n) is 1.20. The zero-order valence-electron chi connectivity index (χ0n) is 9.61. The lowest BCUT2D eigenvalue weighted by Crippen LogP contribution is -2.33. The van der Waals surface area contributed by atoms with Gasteiger partial charge in [-0.3, -0.25) is 4.79 Å². The standard InChI is InChI=1S/C9H11NO6S2/c1-10(9(13)16-2)18(14,15)7-3-4-17-6(7)5-8(11)12/h3-4H,5H2,1-2H3,(H,11,12). The van der Waals surface area contributed by atoms with Gasteiger partial charge in [-0.15, -0.1) is 11.3 Å². The van der Waals surface area contributed by atoms with Crippen molar-refractivity contribution in [2.45, 2.75) is 11.3 Å². The number of nitrogens with zero attached hydrogens (tertiary/aromatic N) is 1. The predicted octanol–water partition coefficient (Wildman–Crippen LogP) is 0.762. The molecule has 0 aromatic carbocycles. The van der Waals surface area contributed by atoms with Gasteiger partial charge in [0.2, 0.25) is 0 Å². The first-order valence-electron chi connectivity index (χ1n) is 4.65. The van der Waals surface area contributed by atoms with Crippen LogP contribution in [-0.2, 0) is 26.0 Å². The van der Waals surface area contributed by atoms with Crippen molar-refractivity contribution in [3.63, 3.8) is 0 Å². The van der Waals surface area contributed by atoms with E-state index >= 15 is 0 Å². The summed E-state index contributed by atoms with van der Waals surface area (Å²) in [6.07, 6.45) is -1.45. The molecule has 0 saturated heterocycles. The van der Waals surface area contributed by atoms with Crippen molar-refractivity contribution in [1.29, 1.82) is 0 Å². The smallest absolute Gasteiger partial charge is 0.423 e. The van der Waals surface area contributed by atoms with Gasteiger partial charge in [0.1, 0.15) is 4.90 Å². The van der Waals surface area contributed by atoms with E-state index in [-0.39, 0.29) is 9.77 Å². The third kappa shape index (κ3) is 2.79. The monoisotopic (exact) mass is 293 g/mol. The van der Waals surface area contributed by atoms with E-state index in [2.05, 4.69) is 4.74 Å². The average Bonchev–Trinajstić information content (AvgIpc) is 2.74. The van der Waals surface area contributed by atoms with Gasteiger partial charge in [0, 0.05) is 11.9 Å². The Labute approximate surface area is 108 Å². The summed E-state index contributed by atoms with van der Waals surface area (Å²) in [5.41, 5.74) is 0. The second-order valence-corrected chi connectivity index (χ2v) is 6.16. The van der Waals surface area contributed by atoms with Crippen molar-refractivity contribution < 1.29 is 27.9 Å². The van der Waals surface area contributed by atoms with Gasteiger partial charge in [0.05, 0.1) is 13.5 Å². The SMILES string of the molecule is COC(=O)N(C)S(=O)(=O)c1ccsc1CC(=O)O. The molecule has 1 amide bonds. The Morgan fingerprint density at radius 3 is 2.61 bits per heavy atom. The first-order valence-corrected chi connectivity index (χ1v) is 6.97. The molecule has 0 bridgehead atoms. The van der Waals surface area contributed by atoms with Crippen LogP contribution in [0.1, 0.15) is 4.88 Å². The van der Waals surface area contributed by atoms with E-state index in [1.165, 1.54) is 11.4 Å². The molecular formula is C9H11NO6S2. The summed E-state index contributed by atoms with van der Waals surface area (Å²) >= 11 is 1.00. The zero-order chi connectivity index (χ0) is 13.9. The molecule has 7 nitrogen and oxygen atoms in total. The molecule has 1 rings (SSSR count). The van der Waals surface area contributed by atoms with Gasteiger partial charge in [-0.2, -0.15) is 0 Å². The van der Waals surface area contributed by atoms with Gasteiger partial charge in [-0.25, -0.2) is 17.5 Å². The molecule has 0 atom stereocenters. The number of ether oxygens (including phenoxy) is 1. The Bertz CT molecular complexity index is 561. The molecule has 0 aliphatic heterocycles. The van der Waals surface area contributed by atoms with Gasteiger partial charge in [-0.05, 0) is 11.4 Å². The molecule has 1 aromatic heterocycles. The van der Waals surface area contributed by atoms with E-state index in [9.17, 15) is 18.0 Å². The molecule has 0 radical (unpaired) electrons. The normalized spacial score (nSPS) is 11.0. The van der Waals surface area contributed by atoms with E-state index in [1.54, 1.807) is 0 Å². The number of sulfonamides is 1. The van der Waals surface area contributed by atoms with Crippen LogP contribution in [0.3, 0.4) is 0 Å². The molecule has 0 fully saturated rings. The maximum atomic E-state index is 12.0. The minimum atomic E-state index is -4.08. The summed E-state index contributed by atoms with van der Waals surface area (Å²) < 4.78 is 28.8. The number of hydrogen-bond donors (Lipinski definition) is 1. The number of aliphatic carboxylic acids is 1. The second kappa shape index (κ2) is 5.36. The highest BCUT2D eigenvalue weighted by Gasteiger charge is 2.29. The number of methoxy groups -OCH3 is 1. The minimum absolute atomic E-state index is 0.165. The highest BCUT2D eigenvalue weighted by atomic mass is 32.2. The van der Waals surface area contributed by atoms with Gasteiger partial charge in [0.25, 0.3) is 10.0 Å². The second-order valence-electron chi connectivity index (χ2n) is 3.22. The summed E-state index contributed by atoms with van der Waals surface area (Å²) in [5, 5.41) is 10.1. The van der Waals surface area contributed by atoms with Gasteiger partial charge in [0.15, 0.2) is 0 Å². The molecule has 1 heterocycles. The Hall–Kier alpha value is -1.61.